The number of aliphatic hydroxyl groups excluding tert-OH is 1. The number of hydrogen-bond donors (Lipinski definition) is 2. The minimum absolute atomic E-state index is 0.281. The molecule has 5 heteroatoms. The molecule has 5 nitrogen and oxygen atoms in total. The average Bonchev–Trinajstić information content (AvgIpc) is 2.45. The van der Waals surface area contributed by atoms with Gasteiger partial charge in [-0.1, -0.05) is 13.3 Å². The Morgan fingerprint density at radius 2 is 2.00 bits per heavy atom. The standard InChI is InChI=1S/C15H28N4O/c1-4-9-13-14(16-5-2)17-12-18-15(13)19(3)10-7-6-8-11-20/h12,20H,4-11H2,1-3H3,(H,16,17,18). The number of rotatable bonds is 10. The van der Waals surface area contributed by atoms with Crippen molar-refractivity contribution < 1.29 is 5.11 Å². The molecule has 20 heavy (non-hydrogen) atoms. The van der Waals surface area contributed by atoms with E-state index in [-0.39, 0.29) is 6.61 Å². The lowest BCUT2D eigenvalue weighted by Crippen LogP contribution is -2.22. The summed E-state index contributed by atoms with van der Waals surface area (Å²) in [4.78, 5) is 11.0. The quantitative estimate of drug-likeness (QED) is 0.645. The third-order valence-corrected chi connectivity index (χ3v) is 3.28. The van der Waals surface area contributed by atoms with Crippen molar-refractivity contribution in [3.05, 3.63) is 11.9 Å². The van der Waals surface area contributed by atoms with Crippen molar-refractivity contribution in [1.29, 1.82) is 0 Å². The second-order valence-electron chi connectivity index (χ2n) is 5.01. The number of nitrogens with one attached hydrogen (secondary N) is 1. The SMILES string of the molecule is CCCc1c(NCC)ncnc1N(C)CCCCCO. The molecule has 0 unspecified atom stereocenters. The Balaban J connectivity index is 2.77. The molecule has 0 bridgehead atoms. The van der Waals surface area contributed by atoms with Crippen LogP contribution in [0.5, 0.6) is 0 Å². The molecule has 1 heterocycles. The maximum absolute atomic E-state index is 8.82. The second-order valence-corrected chi connectivity index (χ2v) is 5.01. The molecule has 0 radical (unpaired) electrons. The molecule has 1 aromatic heterocycles. The van der Waals surface area contributed by atoms with Gasteiger partial charge in [-0.3, -0.25) is 0 Å². The van der Waals surface area contributed by atoms with Gasteiger partial charge < -0.3 is 15.3 Å². The summed E-state index contributed by atoms with van der Waals surface area (Å²) in [5.74, 6) is 1.99. The molecule has 0 spiro atoms. The fraction of sp³-hybridized carbons (Fsp3) is 0.733. The Bertz CT molecular complexity index is 384. The van der Waals surface area contributed by atoms with Gasteiger partial charge in [0.1, 0.15) is 18.0 Å². The third kappa shape index (κ3) is 4.96. The number of aromatic nitrogens is 2. The Morgan fingerprint density at radius 3 is 2.65 bits per heavy atom. The van der Waals surface area contributed by atoms with Crippen LogP contribution in [0.1, 0.15) is 45.1 Å². The van der Waals surface area contributed by atoms with Gasteiger partial charge in [-0.25, -0.2) is 9.97 Å². The number of unbranched alkanes of at least 4 members (excludes halogenated alkanes) is 2. The summed E-state index contributed by atoms with van der Waals surface area (Å²) >= 11 is 0. The van der Waals surface area contributed by atoms with Crippen LogP contribution in [-0.4, -0.2) is 41.8 Å². The van der Waals surface area contributed by atoms with Crippen LogP contribution < -0.4 is 10.2 Å². The van der Waals surface area contributed by atoms with Gasteiger partial charge in [0.15, 0.2) is 0 Å². The minimum atomic E-state index is 0.281. The number of anilines is 2. The molecule has 0 aliphatic carbocycles. The van der Waals surface area contributed by atoms with Crippen molar-refractivity contribution in [3.63, 3.8) is 0 Å². The smallest absolute Gasteiger partial charge is 0.137 e. The van der Waals surface area contributed by atoms with E-state index >= 15 is 0 Å². The molecule has 0 aliphatic heterocycles. The number of nitrogens with zero attached hydrogens (tertiary/aromatic N) is 3. The molecular weight excluding hydrogens is 252 g/mol. The highest BCUT2D eigenvalue weighted by atomic mass is 16.2. The van der Waals surface area contributed by atoms with Crippen LogP contribution in [-0.2, 0) is 6.42 Å². The highest BCUT2D eigenvalue weighted by Gasteiger charge is 2.13. The summed E-state index contributed by atoms with van der Waals surface area (Å²) in [5.41, 5.74) is 1.21. The lowest BCUT2D eigenvalue weighted by Gasteiger charge is -2.22. The highest BCUT2D eigenvalue weighted by Crippen LogP contribution is 2.24. The van der Waals surface area contributed by atoms with Gasteiger partial charge >= 0.3 is 0 Å². The summed E-state index contributed by atoms with van der Waals surface area (Å²) in [6.07, 6.45) is 6.70. The Hall–Kier alpha value is -1.36. The summed E-state index contributed by atoms with van der Waals surface area (Å²) in [6, 6.07) is 0. The lowest BCUT2D eigenvalue weighted by molar-refractivity contribution is 0.283. The summed E-state index contributed by atoms with van der Waals surface area (Å²) in [7, 11) is 2.08. The molecule has 1 aromatic rings. The first kappa shape index (κ1) is 16.7. The average molecular weight is 280 g/mol. The molecule has 0 atom stereocenters. The molecule has 0 aliphatic rings. The molecule has 114 valence electrons. The van der Waals surface area contributed by atoms with Crippen molar-refractivity contribution in [2.75, 3.05) is 37.0 Å². The zero-order valence-electron chi connectivity index (χ0n) is 13.0. The first-order valence-electron chi connectivity index (χ1n) is 7.64. The molecule has 0 fully saturated rings. The van der Waals surface area contributed by atoms with E-state index in [4.69, 9.17) is 5.11 Å². The maximum Gasteiger partial charge on any atom is 0.137 e. The number of aliphatic hydroxyl groups is 1. The van der Waals surface area contributed by atoms with Crippen LogP contribution in [0.25, 0.3) is 0 Å². The predicted octanol–water partition coefficient (Wildman–Crippen LogP) is 2.46. The second kappa shape index (κ2) is 9.53. The highest BCUT2D eigenvalue weighted by molar-refractivity contribution is 5.58. The van der Waals surface area contributed by atoms with Gasteiger partial charge in [-0.05, 0) is 32.6 Å². The lowest BCUT2D eigenvalue weighted by atomic mass is 10.1. The van der Waals surface area contributed by atoms with E-state index in [0.717, 1.165) is 56.8 Å². The maximum atomic E-state index is 8.82. The van der Waals surface area contributed by atoms with Gasteiger partial charge in [0.05, 0.1) is 0 Å². The van der Waals surface area contributed by atoms with E-state index < -0.39 is 0 Å². The molecule has 0 saturated carbocycles. The van der Waals surface area contributed by atoms with E-state index in [1.807, 2.05) is 0 Å². The minimum Gasteiger partial charge on any atom is -0.396 e. The Morgan fingerprint density at radius 1 is 1.20 bits per heavy atom. The van der Waals surface area contributed by atoms with Gasteiger partial charge in [-0.2, -0.15) is 0 Å². The molecule has 0 saturated heterocycles. The van der Waals surface area contributed by atoms with Crippen LogP contribution in [0, 0.1) is 0 Å². The van der Waals surface area contributed by atoms with Gasteiger partial charge in [0.2, 0.25) is 0 Å². The van der Waals surface area contributed by atoms with Crippen molar-refractivity contribution in [2.24, 2.45) is 0 Å². The van der Waals surface area contributed by atoms with Crippen LogP contribution in [0.15, 0.2) is 6.33 Å². The molecular formula is C15H28N4O. The summed E-state index contributed by atoms with van der Waals surface area (Å²) < 4.78 is 0. The van der Waals surface area contributed by atoms with Gasteiger partial charge in [-0.15, -0.1) is 0 Å². The van der Waals surface area contributed by atoms with E-state index in [1.54, 1.807) is 6.33 Å². The Kier molecular flexibility index (Phi) is 7.95. The van der Waals surface area contributed by atoms with Crippen LogP contribution in [0.4, 0.5) is 11.6 Å². The van der Waals surface area contributed by atoms with Crippen LogP contribution in [0.3, 0.4) is 0 Å². The zero-order valence-corrected chi connectivity index (χ0v) is 13.0. The zero-order chi connectivity index (χ0) is 14.8. The first-order valence-corrected chi connectivity index (χ1v) is 7.64. The molecule has 1 rings (SSSR count). The van der Waals surface area contributed by atoms with Gasteiger partial charge in [0.25, 0.3) is 0 Å². The van der Waals surface area contributed by atoms with Crippen LogP contribution >= 0.6 is 0 Å². The topological polar surface area (TPSA) is 61.3 Å². The monoisotopic (exact) mass is 280 g/mol. The van der Waals surface area contributed by atoms with Crippen molar-refractivity contribution in [2.45, 2.75) is 46.0 Å². The van der Waals surface area contributed by atoms with Crippen molar-refractivity contribution in [3.8, 4) is 0 Å². The summed E-state index contributed by atoms with van der Waals surface area (Å²) in [6.45, 7) is 6.36. The number of hydrogen-bond acceptors (Lipinski definition) is 5. The van der Waals surface area contributed by atoms with E-state index in [1.165, 1.54) is 5.56 Å². The van der Waals surface area contributed by atoms with Crippen molar-refractivity contribution >= 4 is 11.6 Å². The predicted molar refractivity (Wildman–Crippen MR) is 84.4 cm³/mol. The fourth-order valence-corrected chi connectivity index (χ4v) is 2.28. The van der Waals surface area contributed by atoms with E-state index in [2.05, 4.69) is 41.1 Å². The molecule has 0 amide bonds. The summed E-state index contributed by atoms with van der Waals surface area (Å²) in [5, 5.41) is 12.1. The first-order chi connectivity index (χ1) is 9.74. The Labute approximate surface area is 122 Å². The van der Waals surface area contributed by atoms with Crippen molar-refractivity contribution in [1.82, 2.24) is 9.97 Å². The van der Waals surface area contributed by atoms with Gasteiger partial charge in [0, 0.05) is 32.3 Å². The fourth-order valence-electron chi connectivity index (χ4n) is 2.28. The molecule has 0 aromatic carbocycles. The molecule has 2 N–H and O–H groups in total. The largest absolute Gasteiger partial charge is 0.396 e. The van der Waals surface area contributed by atoms with Crippen LogP contribution in [0.2, 0.25) is 0 Å². The van der Waals surface area contributed by atoms with E-state index in [0.29, 0.717) is 0 Å². The third-order valence-electron chi connectivity index (χ3n) is 3.28. The van der Waals surface area contributed by atoms with E-state index in [9.17, 15) is 0 Å². The normalized spacial score (nSPS) is 10.6.